The van der Waals surface area contributed by atoms with Gasteiger partial charge in [0.1, 0.15) is 6.61 Å². The summed E-state index contributed by atoms with van der Waals surface area (Å²) in [5.41, 5.74) is 1.58. The van der Waals surface area contributed by atoms with Crippen LogP contribution in [0.25, 0.3) is 0 Å². The molecule has 22 heavy (non-hydrogen) atoms. The molecule has 1 atom stereocenters. The summed E-state index contributed by atoms with van der Waals surface area (Å²) >= 11 is 0. The molecule has 1 aliphatic rings. The zero-order valence-electron chi connectivity index (χ0n) is 12.2. The maximum Gasteiger partial charge on any atom is 0.254 e. The van der Waals surface area contributed by atoms with Crippen LogP contribution in [0.2, 0.25) is 0 Å². The lowest BCUT2D eigenvalue weighted by Gasteiger charge is -2.15. The number of aliphatic hydroxyl groups is 1. The number of aliphatic hydroxyl groups excluding tert-OH is 1. The van der Waals surface area contributed by atoms with Crippen LogP contribution in [0.4, 0.5) is 0 Å². The first-order chi connectivity index (χ1) is 10.7. The lowest BCUT2D eigenvalue weighted by Crippen LogP contribution is -2.29. The first-order valence-electron chi connectivity index (χ1n) is 7.32. The molecule has 0 spiro atoms. The summed E-state index contributed by atoms with van der Waals surface area (Å²) in [5, 5.41) is 9.53. The topological polar surface area (TPSA) is 62.7 Å². The van der Waals surface area contributed by atoms with E-state index in [0.29, 0.717) is 37.6 Å². The van der Waals surface area contributed by atoms with Crippen LogP contribution in [0.1, 0.15) is 22.3 Å². The van der Waals surface area contributed by atoms with Gasteiger partial charge in [-0.1, -0.05) is 30.3 Å². The van der Waals surface area contributed by atoms with Crippen molar-refractivity contribution in [2.45, 2.75) is 19.1 Å². The van der Waals surface area contributed by atoms with Gasteiger partial charge in [0.05, 0.1) is 6.10 Å². The molecule has 0 saturated carbocycles. The van der Waals surface area contributed by atoms with E-state index < -0.39 is 6.10 Å². The average Bonchev–Trinajstić information content (AvgIpc) is 3.00. The summed E-state index contributed by atoms with van der Waals surface area (Å²) in [5.74, 6) is 0.331. The lowest BCUT2D eigenvalue weighted by molar-refractivity contribution is 0.0764. The van der Waals surface area contributed by atoms with Gasteiger partial charge in [-0.3, -0.25) is 4.79 Å². The molecule has 1 fully saturated rings. The molecule has 2 heterocycles. The largest absolute Gasteiger partial charge is 0.473 e. The van der Waals surface area contributed by atoms with E-state index in [1.807, 2.05) is 30.3 Å². The van der Waals surface area contributed by atoms with Crippen molar-refractivity contribution in [3.05, 3.63) is 59.8 Å². The molecule has 5 heteroatoms. The van der Waals surface area contributed by atoms with E-state index in [4.69, 9.17) is 4.74 Å². The first-order valence-corrected chi connectivity index (χ1v) is 7.32. The Bertz CT molecular complexity index is 645. The second-order valence-electron chi connectivity index (χ2n) is 5.35. The van der Waals surface area contributed by atoms with Gasteiger partial charge in [-0.2, -0.15) is 0 Å². The highest BCUT2D eigenvalue weighted by atomic mass is 16.5. The Morgan fingerprint density at radius 2 is 2.14 bits per heavy atom. The molecule has 1 aliphatic heterocycles. The lowest BCUT2D eigenvalue weighted by atomic mass is 10.2. The number of rotatable bonds is 4. The summed E-state index contributed by atoms with van der Waals surface area (Å²) in [6, 6.07) is 13.1. The number of ether oxygens (including phenoxy) is 1. The summed E-state index contributed by atoms with van der Waals surface area (Å²) < 4.78 is 5.64. The highest BCUT2D eigenvalue weighted by molar-refractivity contribution is 5.94. The molecule has 0 radical (unpaired) electrons. The van der Waals surface area contributed by atoms with Crippen LogP contribution in [0.15, 0.2) is 48.7 Å². The summed E-state index contributed by atoms with van der Waals surface area (Å²) in [4.78, 5) is 18.1. The van der Waals surface area contributed by atoms with Crippen molar-refractivity contribution in [3.8, 4) is 5.88 Å². The van der Waals surface area contributed by atoms with E-state index in [-0.39, 0.29) is 5.91 Å². The number of carbonyl (C=O) groups is 1. The van der Waals surface area contributed by atoms with Crippen molar-refractivity contribution in [1.29, 1.82) is 0 Å². The summed E-state index contributed by atoms with van der Waals surface area (Å²) in [7, 11) is 0. The molecule has 0 unspecified atom stereocenters. The number of hydrogen-bond acceptors (Lipinski definition) is 4. The number of aromatic nitrogens is 1. The molecular weight excluding hydrogens is 280 g/mol. The van der Waals surface area contributed by atoms with Crippen LogP contribution in [0.3, 0.4) is 0 Å². The minimum Gasteiger partial charge on any atom is -0.473 e. The highest BCUT2D eigenvalue weighted by Gasteiger charge is 2.25. The van der Waals surface area contributed by atoms with Gasteiger partial charge in [0.25, 0.3) is 5.91 Å². The molecule has 0 bridgehead atoms. The Hall–Kier alpha value is -2.40. The van der Waals surface area contributed by atoms with Crippen molar-refractivity contribution < 1.29 is 14.6 Å². The zero-order valence-corrected chi connectivity index (χ0v) is 12.2. The predicted octanol–water partition coefficient (Wildman–Crippen LogP) is 1.87. The van der Waals surface area contributed by atoms with Crippen molar-refractivity contribution in [1.82, 2.24) is 9.88 Å². The standard InChI is InChI=1S/C17H18N2O3/c20-15-7-9-19(11-15)17(21)14-6-8-18-16(10-14)22-12-13-4-2-1-3-5-13/h1-6,8,10,15,20H,7,9,11-12H2/t15-/m1/s1. The van der Waals surface area contributed by atoms with E-state index in [1.165, 1.54) is 0 Å². The number of benzene rings is 1. The van der Waals surface area contributed by atoms with Crippen LogP contribution in [0, 0.1) is 0 Å². The second kappa shape index (κ2) is 6.58. The van der Waals surface area contributed by atoms with Gasteiger partial charge >= 0.3 is 0 Å². The molecule has 2 aromatic rings. The van der Waals surface area contributed by atoms with Crippen molar-refractivity contribution in [2.75, 3.05) is 13.1 Å². The number of amides is 1. The average molecular weight is 298 g/mol. The smallest absolute Gasteiger partial charge is 0.254 e. The third kappa shape index (κ3) is 3.43. The fourth-order valence-corrected chi connectivity index (χ4v) is 2.46. The van der Waals surface area contributed by atoms with E-state index in [9.17, 15) is 9.90 Å². The van der Waals surface area contributed by atoms with Crippen LogP contribution in [-0.4, -0.2) is 40.1 Å². The van der Waals surface area contributed by atoms with Gasteiger partial charge in [0, 0.05) is 30.9 Å². The van der Waals surface area contributed by atoms with Gasteiger partial charge in [-0.15, -0.1) is 0 Å². The Labute approximate surface area is 129 Å². The molecule has 1 amide bonds. The Kier molecular flexibility index (Phi) is 4.34. The van der Waals surface area contributed by atoms with E-state index >= 15 is 0 Å². The van der Waals surface area contributed by atoms with E-state index in [2.05, 4.69) is 4.98 Å². The maximum absolute atomic E-state index is 12.4. The van der Waals surface area contributed by atoms with Gasteiger partial charge in [0.15, 0.2) is 0 Å². The number of β-amino-alcohol motifs (C(OH)–C–C–N with tert-alkyl or cyclic N) is 1. The molecule has 1 N–H and O–H groups in total. The van der Waals surface area contributed by atoms with E-state index in [0.717, 1.165) is 5.56 Å². The number of likely N-dealkylation sites (tertiary alicyclic amines) is 1. The molecule has 5 nitrogen and oxygen atoms in total. The fourth-order valence-electron chi connectivity index (χ4n) is 2.46. The van der Waals surface area contributed by atoms with E-state index in [1.54, 1.807) is 23.2 Å². The SMILES string of the molecule is O=C(c1ccnc(OCc2ccccc2)c1)N1CC[C@@H](O)C1. The Morgan fingerprint density at radius 1 is 1.32 bits per heavy atom. The number of pyridine rings is 1. The van der Waals surface area contributed by atoms with Gasteiger partial charge in [-0.05, 0) is 18.1 Å². The number of hydrogen-bond donors (Lipinski definition) is 1. The fraction of sp³-hybridized carbons (Fsp3) is 0.294. The van der Waals surface area contributed by atoms with Gasteiger partial charge < -0.3 is 14.7 Å². The Balaban J connectivity index is 1.66. The highest BCUT2D eigenvalue weighted by Crippen LogP contribution is 2.17. The molecule has 1 saturated heterocycles. The maximum atomic E-state index is 12.4. The minimum atomic E-state index is -0.417. The van der Waals surface area contributed by atoms with Gasteiger partial charge in [0.2, 0.25) is 5.88 Å². The normalized spacial score (nSPS) is 17.5. The van der Waals surface area contributed by atoms with Crippen LogP contribution in [0.5, 0.6) is 5.88 Å². The number of nitrogens with zero attached hydrogens (tertiary/aromatic N) is 2. The quantitative estimate of drug-likeness (QED) is 0.936. The second-order valence-corrected chi connectivity index (χ2v) is 5.35. The predicted molar refractivity (Wildman–Crippen MR) is 81.5 cm³/mol. The van der Waals surface area contributed by atoms with Crippen LogP contribution >= 0.6 is 0 Å². The van der Waals surface area contributed by atoms with Crippen molar-refractivity contribution >= 4 is 5.91 Å². The monoisotopic (exact) mass is 298 g/mol. The molecule has 0 aliphatic carbocycles. The number of carbonyl (C=O) groups excluding carboxylic acids is 1. The molecule has 3 rings (SSSR count). The molecule has 1 aromatic heterocycles. The van der Waals surface area contributed by atoms with Crippen LogP contribution < -0.4 is 4.74 Å². The third-order valence-electron chi connectivity index (χ3n) is 3.66. The van der Waals surface area contributed by atoms with Gasteiger partial charge in [-0.25, -0.2) is 4.98 Å². The minimum absolute atomic E-state index is 0.0940. The zero-order chi connectivity index (χ0) is 15.4. The third-order valence-corrected chi connectivity index (χ3v) is 3.66. The Morgan fingerprint density at radius 3 is 2.86 bits per heavy atom. The first kappa shape index (κ1) is 14.5. The van der Waals surface area contributed by atoms with Crippen LogP contribution in [-0.2, 0) is 6.61 Å². The molecular formula is C17H18N2O3. The van der Waals surface area contributed by atoms with Crippen molar-refractivity contribution in [3.63, 3.8) is 0 Å². The summed E-state index contributed by atoms with van der Waals surface area (Å²) in [6.45, 7) is 1.39. The summed E-state index contributed by atoms with van der Waals surface area (Å²) in [6.07, 6.45) is 1.79. The molecule has 1 aromatic carbocycles. The molecule has 114 valence electrons. The van der Waals surface area contributed by atoms with Crippen molar-refractivity contribution in [2.24, 2.45) is 0 Å².